The molecule has 1 aliphatic heterocycles. The molecule has 0 bridgehead atoms. The van der Waals surface area contributed by atoms with Gasteiger partial charge in [-0.15, -0.1) is 0 Å². The highest BCUT2D eigenvalue weighted by molar-refractivity contribution is 9.18. The molecule has 1 atom stereocenters. The van der Waals surface area contributed by atoms with Crippen LogP contribution in [0.4, 0.5) is 0 Å². The number of likely N-dealkylation sites (tertiary alicyclic amines) is 1. The first kappa shape index (κ1) is 16.2. The molecule has 116 valence electrons. The Morgan fingerprint density at radius 3 is 2.71 bits per heavy atom. The van der Waals surface area contributed by atoms with Crippen LogP contribution >= 0.6 is 15.9 Å². The molecule has 0 radical (unpaired) electrons. The lowest BCUT2D eigenvalue weighted by molar-refractivity contribution is -0.605. The first-order chi connectivity index (χ1) is 10.1. The fraction of sp³-hybridized carbons (Fsp3) is 0.571. The van der Waals surface area contributed by atoms with Crippen LogP contribution in [0.2, 0.25) is 0 Å². The van der Waals surface area contributed by atoms with Gasteiger partial charge in [0.25, 0.3) is 0 Å². The molecule has 1 saturated heterocycles. The summed E-state index contributed by atoms with van der Waals surface area (Å²) in [7, 11) is 0. The molecular formula is C14H20BrN3O3. The highest BCUT2D eigenvalue weighted by Gasteiger charge is 2.15. The lowest BCUT2D eigenvalue weighted by Crippen LogP contribution is -2.38. The topological polar surface area (TPSA) is 72.0 Å². The maximum atomic E-state index is 10.9. The van der Waals surface area contributed by atoms with Gasteiger partial charge < -0.3 is 20.1 Å². The molecule has 2 heterocycles. The molecule has 7 heteroatoms. The molecule has 1 fully saturated rings. The molecule has 0 amide bonds. The molecule has 1 aliphatic rings. The van der Waals surface area contributed by atoms with Gasteiger partial charge in [-0.2, -0.15) is 4.73 Å². The average Bonchev–Trinajstić information content (AvgIpc) is 2.49. The number of aliphatic hydroxyl groups excluding tert-OH is 1. The van der Waals surface area contributed by atoms with Gasteiger partial charge in [-0.3, -0.25) is 0 Å². The average molecular weight is 358 g/mol. The van der Waals surface area contributed by atoms with Crippen LogP contribution < -0.4 is 4.73 Å². The predicted molar refractivity (Wildman–Crippen MR) is 83.1 cm³/mol. The highest BCUT2D eigenvalue weighted by Crippen LogP contribution is 2.09. The Bertz CT molecular complexity index is 461. The quantitative estimate of drug-likeness (QED) is 0.360. The van der Waals surface area contributed by atoms with Gasteiger partial charge in [-0.1, -0.05) is 11.6 Å². The Morgan fingerprint density at radius 1 is 1.38 bits per heavy atom. The summed E-state index contributed by atoms with van der Waals surface area (Å²) in [6.45, 7) is 2.86. The monoisotopic (exact) mass is 357 g/mol. The van der Waals surface area contributed by atoms with Crippen molar-refractivity contribution in [1.82, 2.24) is 4.90 Å². The Balaban J connectivity index is 1.74. The molecule has 21 heavy (non-hydrogen) atoms. The van der Waals surface area contributed by atoms with Crippen molar-refractivity contribution >= 4 is 20.6 Å². The van der Waals surface area contributed by atoms with Gasteiger partial charge in [-0.25, -0.2) is 0 Å². The van der Waals surface area contributed by atoms with Crippen LogP contribution in [0.3, 0.4) is 0 Å². The minimum atomic E-state index is -0.549. The van der Waals surface area contributed by atoms with Crippen LogP contribution in [0.1, 0.15) is 24.8 Å². The van der Waals surface area contributed by atoms with Crippen molar-refractivity contribution in [3.05, 3.63) is 35.3 Å². The zero-order valence-electron chi connectivity index (χ0n) is 11.8. The maximum Gasteiger partial charge on any atom is 0.181 e. The summed E-state index contributed by atoms with van der Waals surface area (Å²) in [5.74, 6) is 0. The van der Waals surface area contributed by atoms with E-state index >= 15 is 0 Å². The van der Waals surface area contributed by atoms with Gasteiger partial charge in [-0.05, 0) is 41.9 Å². The predicted octanol–water partition coefficient (Wildman–Crippen LogP) is 1.24. The second kappa shape index (κ2) is 8.31. The number of nitrogens with zero attached hydrogens (tertiary/aromatic N) is 3. The fourth-order valence-electron chi connectivity index (χ4n) is 2.28. The summed E-state index contributed by atoms with van der Waals surface area (Å²) in [4.78, 5) is 7.41. The molecule has 6 nitrogen and oxygen atoms in total. The van der Waals surface area contributed by atoms with Crippen LogP contribution in [0.25, 0.3) is 0 Å². The van der Waals surface area contributed by atoms with Crippen molar-refractivity contribution in [3.63, 3.8) is 0 Å². The summed E-state index contributed by atoms with van der Waals surface area (Å²) >= 11 is 3.28. The maximum absolute atomic E-state index is 10.9. The van der Waals surface area contributed by atoms with Crippen molar-refractivity contribution in [2.45, 2.75) is 25.4 Å². The molecule has 1 N–H and O–H groups in total. The van der Waals surface area contributed by atoms with Gasteiger partial charge in [0, 0.05) is 24.2 Å². The van der Waals surface area contributed by atoms with Gasteiger partial charge in [0.1, 0.15) is 12.7 Å². The van der Waals surface area contributed by atoms with Gasteiger partial charge in [0.2, 0.25) is 0 Å². The van der Waals surface area contributed by atoms with Crippen LogP contribution in [-0.4, -0.2) is 47.0 Å². The summed E-state index contributed by atoms with van der Waals surface area (Å²) in [6, 6.07) is 3.27. The van der Waals surface area contributed by atoms with E-state index in [1.165, 1.54) is 31.7 Å². The molecular weight excluding hydrogens is 338 g/mol. The van der Waals surface area contributed by atoms with E-state index in [1.54, 1.807) is 12.1 Å². The number of β-amino-alcohol motifs (C(OH)–C–C–N with tert-alkyl or cyclic N) is 1. The van der Waals surface area contributed by atoms with Crippen molar-refractivity contribution < 1.29 is 14.7 Å². The molecule has 0 aromatic carbocycles. The Morgan fingerprint density at radius 2 is 2.05 bits per heavy atom. The number of halogens is 1. The number of oxime groups is 1. The second-order valence-electron chi connectivity index (χ2n) is 5.14. The summed E-state index contributed by atoms with van der Waals surface area (Å²) < 4.78 is 1.20. The third kappa shape index (κ3) is 5.61. The minimum Gasteiger partial charge on any atom is -0.619 e. The van der Waals surface area contributed by atoms with Crippen molar-refractivity contribution in [3.8, 4) is 0 Å². The summed E-state index contributed by atoms with van der Waals surface area (Å²) in [5, 5.41) is 24.8. The smallest absolute Gasteiger partial charge is 0.181 e. The number of pyridine rings is 1. The van der Waals surface area contributed by atoms with Crippen molar-refractivity contribution in [2.75, 3.05) is 26.2 Å². The molecule has 2 rings (SSSR count). The number of piperidine rings is 1. The van der Waals surface area contributed by atoms with Crippen molar-refractivity contribution in [1.29, 1.82) is 0 Å². The van der Waals surface area contributed by atoms with Crippen LogP contribution in [0, 0.1) is 5.21 Å². The Labute approximate surface area is 132 Å². The standard InChI is InChI=1S/C14H20BrN3O3/c15-14(12-4-8-18(20)9-5-12)16-21-11-13(19)10-17-6-2-1-3-7-17/h4-5,8-9,13,19H,1-3,6-7,10-11H2/b16-14-. The molecule has 1 aromatic rings. The van der Waals surface area contributed by atoms with E-state index in [0.29, 0.717) is 15.9 Å². The number of aliphatic hydroxyl groups is 1. The Hall–Kier alpha value is -1.18. The summed E-state index contributed by atoms with van der Waals surface area (Å²) in [5.41, 5.74) is 0.743. The van der Waals surface area contributed by atoms with Gasteiger partial charge >= 0.3 is 0 Å². The highest BCUT2D eigenvalue weighted by atomic mass is 79.9. The zero-order valence-corrected chi connectivity index (χ0v) is 13.4. The van der Waals surface area contributed by atoms with E-state index < -0.39 is 6.10 Å². The van der Waals surface area contributed by atoms with Crippen LogP contribution in [0.15, 0.2) is 29.7 Å². The van der Waals surface area contributed by atoms with E-state index in [0.717, 1.165) is 18.7 Å². The number of rotatable bonds is 6. The largest absolute Gasteiger partial charge is 0.619 e. The number of hydrogen-bond donors (Lipinski definition) is 1. The van der Waals surface area contributed by atoms with Crippen LogP contribution in [0.5, 0.6) is 0 Å². The summed E-state index contributed by atoms with van der Waals surface area (Å²) in [6.07, 6.45) is 5.90. The van der Waals surface area contributed by atoms with Gasteiger partial charge in [0.05, 0.1) is 0 Å². The molecule has 1 unspecified atom stereocenters. The second-order valence-corrected chi connectivity index (χ2v) is 5.89. The number of aromatic nitrogens is 1. The first-order valence-corrected chi connectivity index (χ1v) is 7.89. The van der Waals surface area contributed by atoms with Crippen LogP contribution in [-0.2, 0) is 4.84 Å². The molecule has 1 aromatic heterocycles. The van der Waals surface area contributed by atoms with E-state index in [4.69, 9.17) is 4.84 Å². The third-order valence-electron chi connectivity index (χ3n) is 3.37. The van der Waals surface area contributed by atoms with Gasteiger partial charge in [0.15, 0.2) is 17.0 Å². The third-order valence-corrected chi connectivity index (χ3v) is 3.97. The normalized spacial score (nSPS) is 18.5. The van der Waals surface area contributed by atoms with E-state index in [-0.39, 0.29) is 6.61 Å². The lowest BCUT2D eigenvalue weighted by atomic mass is 10.1. The Kier molecular flexibility index (Phi) is 6.41. The SMILES string of the molecule is [O-][n+]1ccc(/C(Br)=N/OCC(O)CN2CCCCC2)cc1. The molecule has 0 spiro atoms. The van der Waals surface area contributed by atoms with E-state index in [1.807, 2.05) is 0 Å². The lowest BCUT2D eigenvalue weighted by Gasteiger charge is -2.27. The zero-order chi connectivity index (χ0) is 15.1. The van der Waals surface area contributed by atoms with Crippen molar-refractivity contribution in [2.24, 2.45) is 5.16 Å². The fourth-order valence-corrected chi connectivity index (χ4v) is 2.64. The van der Waals surface area contributed by atoms with E-state index in [9.17, 15) is 10.3 Å². The first-order valence-electron chi connectivity index (χ1n) is 7.10. The van der Waals surface area contributed by atoms with E-state index in [2.05, 4.69) is 26.0 Å². The minimum absolute atomic E-state index is 0.153. The molecule has 0 aliphatic carbocycles. The number of hydrogen-bond acceptors (Lipinski definition) is 5. The molecule has 0 saturated carbocycles.